The van der Waals surface area contributed by atoms with Gasteiger partial charge in [-0.3, -0.25) is 4.79 Å². The van der Waals surface area contributed by atoms with E-state index < -0.39 is 17.3 Å². The molecule has 8 heteroatoms. The molecule has 132 valence electrons. The molecule has 2 heterocycles. The number of rotatable bonds is 2. The first-order valence-corrected chi connectivity index (χ1v) is 8.09. The molecule has 0 radical (unpaired) electrons. The highest BCUT2D eigenvalue weighted by Gasteiger charge is 2.58. The first-order chi connectivity index (χ1) is 10.7. The molecular weight excluding hydrogens is 313 g/mol. The maximum absolute atomic E-state index is 13.0. The van der Waals surface area contributed by atoms with Gasteiger partial charge in [0.05, 0.1) is 13.2 Å². The standard InChI is InChI=1S/C15H23F3N2O3/c16-15(17,18)14(22)3-1-10(2-4-14)13-6-9(12(19)21)5-11(20-13)7-23-8-13/h9-11,20,22H,1-8H2,(H2,19,21). The van der Waals surface area contributed by atoms with E-state index >= 15 is 0 Å². The van der Waals surface area contributed by atoms with Gasteiger partial charge in [0.25, 0.3) is 0 Å². The fraction of sp³-hybridized carbons (Fsp3) is 0.933. The normalized spacial score (nSPS) is 44.8. The van der Waals surface area contributed by atoms with Crippen molar-refractivity contribution in [3.63, 3.8) is 0 Å². The van der Waals surface area contributed by atoms with E-state index in [1.807, 2.05) is 0 Å². The molecular formula is C15H23F3N2O3. The molecule has 1 saturated carbocycles. The first-order valence-electron chi connectivity index (χ1n) is 8.09. The summed E-state index contributed by atoms with van der Waals surface area (Å²) in [5.74, 6) is -0.686. The molecule has 23 heavy (non-hydrogen) atoms. The molecule has 3 aliphatic rings. The molecule has 0 aromatic carbocycles. The summed E-state index contributed by atoms with van der Waals surface area (Å²) in [6.45, 7) is 0.868. The fourth-order valence-electron chi connectivity index (χ4n) is 4.53. The lowest BCUT2D eigenvalue weighted by molar-refractivity contribution is -0.274. The number of fused-ring (bicyclic) bond motifs is 2. The van der Waals surface area contributed by atoms with Crippen LogP contribution in [0.3, 0.4) is 0 Å². The third-order valence-electron chi connectivity index (χ3n) is 5.87. The summed E-state index contributed by atoms with van der Waals surface area (Å²) >= 11 is 0. The van der Waals surface area contributed by atoms with E-state index in [-0.39, 0.29) is 49.5 Å². The fourth-order valence-corrected chi connectivity index (χ4v) is 4.53. The Morgan fingerprint density at radius 3 is 2.52 bits per heavy atom. The van der Waals surface area contributed by atoms with Crippen LogP contribution in [-0.4, -0.2) is 47.6 Å². The van der Waals surface area contributed by atoms with Crippen LogP contribution in [0.4, 0.5) is 13.2 Å². The van der Waals surface area contributed by atoms with Crippen LogP contribution in [0.1, 0.15) is 38.5 Å². The minimum Gasteiger partial charge on any atom is -0.380 e. The largest absolute Gasteiger partial charge is 0.417 e. The van der Waals surface area contributed by atoms with Crippen molar-refractivity contribution >= 4 is 5.91 Å². The van der Waals surface area contributed by atoms with Crippen molar-refractivity contribution < 1.29 is 27.8 Å². The number of primary amides is 1. The molecule has 0 aromatic heterocycles. The van der Waals surface area contributed by atoms with E-state index in [9.17, 15) is 23.1 Å². The van der Waals surface area contributed by atoms with Crippen LogP contribution in [0.15, 0.2) is 0 Å². The molecule has 3 atom stereocenters. The minimum absolute atomic E-state index is 0.0124. The first kappa shape index (κ1) is 17.0. The predicted octanol–water partition coefficient (Wildman–Crippen LogP) is 1.09. The Morgan fingerprint density at radius 2 is 1.96 bits per heavy atom. The molecule has 2 saturated heterocycles. The van der Waals surface area contributed by atoms with Crippen LogP contribution in [-0.2, 0) is 9.53 Å². The van der Waals surface area contributed by atoms with Crippen LogP contribution in [0.2, 0.25) is 0 Å². The van der Waals surface area contributed by atoms with E-state index in [1.165, 1.54) is 0 Å². The van der Waals surface area contributed by atoms with Crippen LogP contribution >= 0.6 is 0 Å². The quantitative estimate of drug-likeness (QED) is 0.705. The number of carbonyl (C=O) groups excluding carboxylic acids is 1. The number of hydrogen-bond donors (Lipinski definition) is 3. The van der Waals surface area contributed by atoms with E-state index in [4.69, 9.17) is 10.5 Å². The van der Waals surface area contributed by atoms with E-state index in [1.54, 1.807) is 0 Å². The van der Waals surface area contributed by atoms with Crippen molar-refractivity contribution in [3.05, 3.63) is 0 Å². The van der Waals surface area contributed by atoms with Gasteiger partial charge in [-0.05, 0) is 44.4 Å². The van der Waals surface area contributed by atoms with Crippen molar-refractivity contribution in [2.75, 3.05) is 13.2 Å². The number of nitrogens with one attached hydrogen (secondary N) is 1. The molecule has 1 aliphatic carbocycles. The molecule has 3 rings (SSSR count). The van der Waals surface area contributed by atoms with Gasteiger partial charge >= 0.3 is 6.18 Å². The Labute approximate surface area is 132 Å². The van der Waals surface area contributed by atoms with Gasteiger partial charge in [-0.1, -0.05) is 0 Å². The van der Waals surface area contributed by atoms with Gasteiger partial charge in [-0.2, -0.15) is 13.2 Å². The summed E-state index contributed by atoms with van der Waals surface area (Å²) < 4.78 is 44.5. The number of ether oxygens (including phenoxy) is 1. The van der Waals surface area contributed by atoms with Crippen molar-refractivity contribution in [1.29, 1.82) is 0 Å². The highest BCUT2D eigenvalue weighted by Crippen LogP contribution is 2.48. The molecule has 4 N–H and O–H groups in total. The second kappa shape index (κ2) is 5.60. The zero-order chi connectivity index (χ0) is 16.9. The number of alkyl halides is 3. The number of aliphatic hydroxyl groups is 1. The van der Waals surface area contributed by atoms with Crippen molar-refractivity contribution in [3.8, 4) is 0 Å². The Hall–Kier alpha value is -0.860. The monoisotopic (exact) mass is 336 g/mol. The van der Waals surface area contributed by atoms with Crippen molar-refractivity contribution in [2.45, 2.75) is 61.9 Å². The number of morpholine rings is 1. The number of hydrogen-bond acceptors (Lipinski definition) is 4. The number of carbonyl (C=O) groups is 1. The SMILES string of the molecule is NC(=O)C1CC2COCC(C3CCC(O)(C(F)(F)F)CC3)(C1)N2. The third-order valence-corrected chi connectivity index (χ3v) is 5.87. The lowest BCUT2D eigenvalue weighted by Crippen LogP contribution is -2.68. The maximum Gasteiger partial charge on any atom is 0.417 e. The molecule has 3 fully saturated rings. The van der Waals surface area contributed by atoms with Crippen LogP contribution < -0.4 is 11.1 Å². The van der Waals surface area contributed by atoms with Gasteiger partial charge in [-0.25, -0.2) is 0 Å². The number of piperidine rings is 1. The number of amides is 1. The van der Waals surface area contributed by atoms with E-state index in [0.29, 0.717) is 26.1 Å². The zero-order valence-corrected chi connectivity index (χ0v) is 12.9. The van der Waals surface area contributed by atoms with Crippen LogP contribution in [0.25, 0.3) is 0 Å². The van der Waals surface area contributed by atoms with Gasteiger partial charge in [-0.15, -0.1) is 0 Å². The summed E-state index contributed by atoms with van der Waals surface area (Å²) in [6, 6.07) is 0.0124. The molecule has 0 spiro atoms. The second-order valence-corrected chi connectivity index (χ2v) is 7.36. The second-order valence-electron chi connectivity index (χ2n) is 7.36. The van der Waals surface area contributed by atoms with E-state index in [0.717, 1.165) is 0 Å². The van der Waals surface area contributed by atoms with Gasteiger partial charge in [0.1, 0.15) is 0 Å². The summed E-state index contributed by atoms with van der Waals surface area (Å²) in [4.78, 5) is 11.6. The zero-order valence-electron chi connectivity index (χ0n) is 12.9. The molecule has 0 aromatic rings. The summed E-state index contributed by atoms with van der Waals surface area (Å²) in [6.07, 6.45) is -3.61. The third kappa shape index (κ3) is 2.96. The highest BCUT2D eigenvalue weighted by atomic mass is 19.4. The van der Waals surface area contributed by atoms with Crippen LogP contribution in [0, 0.1) is 11.8 Å². The lowest BCUT2D eigenvalue weighted by atomic mass is 9.64. The molecule has 5 nitrogen and oxygen atoms in total. The Bertz CT molecular complexity index is 477. The number of nitrogens with two attached hydrogens (primary N) is 1. The predicted molar refractivity (Wildman–Crippen MR) is 75.4 cm³/mol. The molecule has 3 unspecified atom stereocenters. The summed E-state index contributed by atoms with van der Waals surface area (Å²) in [7, 11) is 0. The van der Waals surface area contributed by atoms with Crippen LogP contribution in [0.5, 0.6) is 0 Å². The molecule has 1 amide bonds. The summed E-state index contributed by atoms with van der Waals surface area (Å²) in [5, 5.41) is 13.3. The van der Waals surface area contributed by atoms with Gasteiger partial charge < -0.3 is 20.9 Å². The Balaban J connectivity index is 1.74. The maximum atomic E-state index is 13.0. The lowest BCUT2D eigenvalue weighted by Gasteiger charge is -2.54. The highest BCUT2D eigenvalue weighted by molar-refractivity contribution is 5.77. The Kier molecular flexibility index (Phi) is 4.13. The van der Waals surface area contributed by atoms with Crippen molar-refractivity contribution in [1.82, 2.24) is 5.32 Å². The summed E-state index contributed by atoms with van der Waals surface area (Å²) in [5.41, 5.74) is 2.37. The molecule has 2 bridgehead atoms. The Morgan fingerprint density at radius 1 is 1.30 bits per heavy atom. The average Bonchev–Trinajstić information content (AvgIpc) is 2.46. The van der Waals surface area contributed by atoms with Gasteiger partial charge in [0.2, 0.25) is 5.91 Å². The van der Waals surface area contributed by atoms with Gasteiger partial charge in [0.15, 0.2) is 5.60 Å². The van der Waals surface area contributed by atoms with E-state index in [2.05, 4.69) is 5.32 Å². The number of halogens is 3. The topological polar surface area (TPSA) is 84.6 Å². The van der Waals surface area contributed by atoms with Gasteiger partial charge in [0, 0.05) is 17.5 Å². The molecule has 2 aliphatic heterocycles. The smallest absolute Gasteiger partial charge is 0.380 e. The average molecular weight is 336 g/mol. The van der Waals surface area contributed by atoms with Crippen molar-refractivity contribution in [2.24, 2.45) is 17.6 Å². The minimum atomic E-state index is -4.60.